The van der Waals surface area contributed by atoms with E-state index in [4.69, 9.17) is 11.6 Å². The number of rotatable bonds is 2. The molecular weight excluding hydrogens is 286 g/mol. The summed E-state index contributed by atoms with van der Waals surface area (Å²) >= 11 is 5.24. The molecule has 0 heterocycles. The largest absolute Gasteiger partial charge is 0.417 e. The summed E-state index contributed by atoms with van der Waals surface area (Å²) in [4.78, 5) is 10.5. The van der Waals surface area contributed by atoms with Crippen LogP contribution < -0.4 is 0 Å². The summed E-state index contributed by atoms with van der Waals surface area (Å²) in [5, 5.41) is 0. The Hall–Kier alpha value is -1.24. The zero-order valence-electron chi connectivity index (χ0n) is 8.49. The first kappa shape index (κ1) is 14.8. The lowest BCUT2D eigenvalue weighted by molar-refractivity contribution is -0.143. The molecule has 18 heavy (non-hydrogen) atoms. The van der Waals surface area contributed by atoms with Crippen molar-refractivity contribution in [3.05, 3.63) is 34.4 Å². The highest BCUT2D eigenvalue weighted by Gasteiger charge is 2.39. The fourth-order valence-corrected chi connectivity index (χ4v) is 1.60. The number of carbonyl (C=O) groups is 1. The molecule has 0 unspecified atom stereocenters. The van der Waals surface area contributed by atoms with Crippen molar-refractivity contribution in [2.24, 2.45) is 0 Å². The van der Waals surface area contributed by atoms with Crippen LogP contribution in [0.1, 0.15) is 27.0 Å². The lowest BCUT2D eigenvalue weighted by Crippen LogP contribution is -2.15. The quantitative estimate of drug-likeness (QED) is 0.451. The monoisotopic (exact) mass is 290 g/mol. The molecule has 0 aliphatic rings. The zero-order valence-corrected chi connectivity index (χ0v) is 9.25. The SMILES string of the molecule is O=Cc1cc(CCl)c(C(F)(F)F)cc1C(F)(F)F. The van der Waals surface area contributed by atoms with Gasteiger partial charge in [-0.2, -0.15) is 26.3 Å². The molecule has 0 aliphatic heterocycles. The summed E-state index contributed by atoms with van der Waals surface area (Å²) in [7, 11) is 0. The number of benzene rings is 1. The van der Waals surface area contributed by atoms with Crippen molar-refractivity contribution in [1.82, 2.24) is 0 Å². The molecule has 0 bridgehead atoms. The second-order valence-corrected chi connectivity index (χ2v) is 3.61. The van der Waals surface area contributed by atoms with E-state index >= 15 is 0 Å². The third-order valence-corrected chi connectivity index (χ3v) is 2.45. The van der Waals surface area contributed by atoms with E-state index in [1.54, 1.807) is 0 Å². The van der Waals surface area contributed by atoms with E-state index in [1.165, 1.54) is 0 Å². The Balaban J connectivity index is 3.60. The lowest BCUT2D eigenvalue weighted by Gasteiger charge is -2.16. The molecule has 1 nitrogen and oxygen atoms in total. The minimum Gasteiger partial charge on any atom is -0.298 e. The van der Waals surface area contributed by atoms with Gasteiger partial charge in [-0.05, 0) is 17.7 Å². The number of aldehydes is 1. The van der Waals surface area contributed by atoms with Crippen LogP contribution in [0.5, 0.6) is 0 Å². The van der Waals surface area contributed by atoms with Gasteiger partial charge in [0.15, 0.2) is 6.29 Å². The molecule has 1 rings (SSSR count). The summed E-state index contributed by atoms with van der Waals surface area (Å²) in [6, 6.07) is 0.410. The molecule has 0 atom stereocenters. The summed E-state index contributed by atoms with van der Waals surface area (Å²) in [5.41, 5.74) is -4.56. The van der Waals surface area contributed by atoms with Crippen molar-refractivity contribution in [1.29, 1.82) is 0 Å². The van der Waals surface area contributed by atoms with Crippen LogP contribution in [0, 0.1) is 0 Å². The molecule has 0 aromatic heterocycles. The first-order chi connectivity index (χ1) is 8.11. The fraction of sp³-hybridized carbons (Fsp3) is 0.300. The number of carbonyl (C=O) groups excluding carboxylic acids is 1. The molecule has 0 radical (unpaired) electrons. The van der Waals surface area contributed by atoms with Crippen LogP contribution in [-0.2, 0) is 18.2 Å². The Morgan fingerprint density at radius 2 is 1.50 bits per heavy atom. The van der Waals surface area contributed by atoms with Crippen LogP contribution in [0.2, 0.25) is 0 Å². The molecule has 0 N–H and O–H groups in total. The topological polar surface area (TPSA) is 17.1 Å². The van der Waals surface area contributed by atoms with Gasteiger partial charge in [-0.25, -0.2) is 0 Å². The normalized spacial score (nSPS) is 12.6. The van der Waals surface area contributed by atoms with Crippen molar-refractivity contribution in [3.8, 4) is 0 Å². The summed E-state index contributed by atoms with van der Waals surface area (Å²) in [6.07, 6.45) is -10.2. The number of alkyl halides is 7. The molecule has 1 aromatic rings. The zero-order chi connectivity index (χ0) is 14.1. The Kier molecular flexibility index (Phi) is 3.95. The van der Waals surface area contributed by atoms with Gasteiger partial charge < -0.3 is 0 Å². The number of hydrogen-bond donors (Lipinski definition) is 0. The second-order valence-electron chi connectivity index (χ2n) is 3.34. The lowest BCUT2D eigenvalue weighted by atomic mass is 9.99. The maximum atomic E-state index is 12.5. The Morgan fingerprint density at radius 1 is 1.00 bits per heavy atom. The van der Waals surface area contributed by atoms with Gasteiger partial charge in [-0.15, -0.1) is 11.6 Å². The van der Waals surface area contributed by atoms with Crippen molar-refractivity contribution in [3.63, 3.8) is 0 Å². The van der Waals surface area contributed by atoms with Crippen LogP contribution >= 0.6 is 11.6 Å². The van der Waals surface area contributed by atoms with Crippen LogP contribution in [0.3, 0.4) is 0 Å². The van der Waals surface area contributed by atoms with Gasteiger partial charge in [0, 0.05) is 11.4 Å². The molecule has 100 valence electrons. The van der Waals surface area contributed by atoms with Crippen LogP contribution in [-0.4, -0.2) is 6.29 Å². The van der Waals surface area contributed by atoms with Crippen molar-refractivity contribution in [2.75, 3.05) is 0 Å². The van der Waals surface area contributed by atoms with E-state index in [9.17, 15) is 31.1 Å². The fourth-order valence-electron chi connectivity index (χ4n) is 1.38. The van der Waals surface area contributed by atoms with E-state index in [0.717, 1.165) is 0 Å². The average molecular weight is 291 g/mol. The summed E-state index contributed by atoms with van der Waals surface area (Å²) in [5.74, 6) is -0.645. The Labute approximate surface area is 102 Å². The van der Waals surface area contributed by atoms with Gasteiger partial charge in [-0.1, -0.05) is 0 Å². The minimum absolute atomic E-state index is 0.0958. The number of hydrogen-bond acceptors (Lipinski definition) is 1. The summed E-state index contributed by atoms with van der Waals surface area (Å²) < 4.78 is 75.0. The molecule has 0 spiro atoms. The van der Waals surface area contributed by atoms with Gasteiger partial charge in [0.2, 0.25) is 0 Å². The van der Waals surface area contributed by atoms with Crippen molar-refractivity contribution >= 4 is 17.9 Å². The molecule has 0 amide bonds. The average Bonchev–Trinajstić information content (AvgIpc) is 2.24. The smallest absolute Gasteiger partial charge is 0.298 e. The first-order valence-corrected chi connectivity index (χ1v) is 4.97. The third kappa shape index (κ3) is 2.95. The van der Waals surface area contributed by atoms with Crippen LogP contribution in [0.15, 0.2) is 12.1 Å². The molecular formula is C10H5ClF6O. The van der Waals surface area contributed by atoms with E-state index in [0.29, 0.717) is 6.07 Å². The predicted octanol–water partition coefficient (Wildman–Crippen LogP) is 4.28. The Bertz CT molecular complexity index is 463. The molecule has 0 aliphatic carbocycles. The molecule has 1 aromatic carbocycles. The highest BCUT2D eigenvalue weighted by molar-refractivity contribution is 6.17. The van der Waals surface area contributed by atoms with Crippen LogP contribution in [0.25, 0.3) is 0 Å². The standard InChI is InChI=1S/C10H5ClF6O/c11-3-5-1-6(4-18)8(10(15,16)17)2-7(5)9(12,13)14/h1-2,4H,3H2. The number of halogens is 7. The van der Waals surface area contributed by atoms with Gasteiger partial charge in [0.05, 0.1) is 11.1 Å². The third-order valence-electron chi connectivity index (χ3n) is 2.16. The maximum Gasteiger partial charge on any atom is 0.417 e. The van der Waals surface area contributed by atoms with Gasteiger partial charge in [0.25, 0.3) is 0 Å². The van der Waals surface area contributed by atoms with Crippen molar-refractivity contribution in [2.45, 2.75) is 18.2 Å². The van der Waals surface area contributed by atoms with Gasteiger partial charge in [0.1, 0.15) is 0 Å². The van der Waals surface area contributed by atoms with E-state index in [2.05, 4.69) is 0 Å². The molecule has 0 fully saturated rings. The Morgan fingerprint density at radius 3 is 1.83 bits per heavy atom. The van der Waals surface area contributed by atoms with Crippen molar-refractivity contribution < 1.29 is 31.1 Å². The van der Waals surface area contributed by atoms with E-state index in [-0.39, 0.29) is 12.4 Å². The first-order valence-electron chi connectivity index (χ1n) is 4.43. The highest BCUT2D eigenvalue weighted by atomic mass is 35.5. The predicted molar refractivity (Wildman–Crippen MR) is 51.4 cm³/mol. The van der Waals surface area contributed by atoms with Crippen LogP contribution in [0.4, 0.5) is 26.3 Å². The van der Waals surface area contributed by atoms with E-state index < -0.39 is 40.5 Å². The molecule has 0 saturated heterocycles. The minimum atomic E-state index is -5.04. The highest BCUT2D eigenvalue weighted by Crippen LogP contribution is 2.39. The molecule has 0 saturated carbocycles. The second kappa shape index (κ2) is 4.79. The summed E-state index contributed by atoms with van der Waals surface area (Å²) in [6.45, 7) is 0. The maximum absolute atomic E-state index is 12.5. The van der Waals surface area contributed by atoms with E-state index in [1.807, 2.05) is 0 Å². The van der Waals surface area contributed by atoms with Gasteiger partial charge >= 0.3 is 12.4 Å². The molecule has 8 heteroatoms. The van der Waals surface area contributed by atoms with Gasteiger partial charge in [-0.3, -0.25) is 4.79 Å².